The third-order valence-electron chi connectivity index (χ3n) is 5.86. The lowest BCUT2D eigenvalue weighted by atomic mass is 9.87. The Kier molecular flexibility index (Phi) is 5.56. The van der Waals surface area contributed by atoms with Gasteiger partial charge in [0.05, 0.1) is 12.8 Å². The topological polar surface area (TPSA) is 32.8 Å². The molecule has 1 atom stereocenters. The summed E-state index contributed by atoms with van der Waals surface area (Å²) in [5.74, 6) is -0.252. The van der Waals surface area contributed by atoms with Gasteiger partial charge in [-0.15, -0.1) is 0 Å². The molecule has 0 aliphatic carbocycles. The van der Waals surface area contributed by atoms with E-state index in [2.05, 4.69) is 30.6 Å². The molecule has 144 valence electrons. The molecular formula is C21H31FN2O2. The Balaban J connectivity index is 1.65. The number of halogens is 1. The van der Waals surface area contributed by atoms with Gasteiger partial charge in [-0.05, 0) is 55.3 Å². The van der Waals surface area contributed by atoms with Crippen LogP contribution in [0.15, 0.2) is 18.2 Å². The van der Waals surface area contributed by atoms with Crippen molar-refractivity contribution < 1.29 is 13.9 Å². The molecule has 0 bridgehead atoms. The SMILES string of the molecule is COC(=O)[C@@H]1CCCN1C1CCN(c2ccc(C(C)(C)C)cc2F)CC1. The molecule has 5 heteroatoms. The van der Waals surface area contributed by atoms with Crippen molar-refractivity contribution in [3.8, 4) is 0 Å². The summed E-state index contributed by atoms with van der Waals surface area (Å²) in [5, 5.41) is 0. The predicted molar refractivity (Wildman–Crippen MR) is 102 cm³/mol. The van der Waals surface area contributed by atoms with Gasteiger partial charge in [0.2, 0.25) is 0 Å². The number of piperidine rings is 1. The molecule has 26 heavy (non-hydrogen) atoms. The fourth-order valence-corrected chi connectivity index (χ4v) is 4.28. The van der Waals surface area contributed by atoms with Crippen LogP contribution in [-0.4, -0.2) is 49.7 Å². The van der Waals surface area contributed by atoms with Crippen molar-refractivity contribution in [1.29, 1.82) is 0 Å². The maximum atomic E-state index is 14.7. The second-order valence-corrected chi connectivity index (χ2v) is 8.55. The first kappa shape index (κ1) is 19.2. The predicted octanol–water partition coefficient (Wildman–Crippen LogP) is 3.73. The van der Waals surface area contributed by atoms with Crippen LogP contribution < -0.4 is 4.90 Å². The molecule has 2 saturated heterocycles. The summed E-state index contributed by atoms with van der Waals surface area (Å²) >= 11 is 0. The Labute approximate surface area is 156 Å². The fourth-order valence-electron chi connectivity index (χ4n) is 4.28. The first-order chi connectivity index (χ1) is 12.3. The minimum Gasteiger partial charge on any atom is -0.468 e. The molecule has 0 N–H and O–H groups in total. The van der Waals surface area contributed by atoms with Gasteiger partial charge in [-0.1, -0.05) is 26.8 Å². The lowest BCUT2D eigenvalue weighted by molar-refractivity contribution is -0.146. The van der Waals surface area contributed by atoms with E-state index in [1.54, 1.807) is 6.07 Å². The third-order valence-corrected chi connectivity index (χ3v) is 5.86. The zero-order valence-electron chi connectivity index (χ0n) is 16.4. The minimum atomic E-state index is -0.135. The van der Waals surface area contributed by atoms with Crippen LogP contribution in [0.5, 0.6) is 0 Å². The minimum absolute atomic E-state index is 0.0506. The number of methoxy groups -OCH3 is 1. The van der Waals surface area contributed by atoms with E-state index in [0.29, 0.717) is 11.7 Å². The third kappa shape index (κ3) is 3.88. The van der Waals surface area contributed by atoms with E-state index < -0.39 is 0 Å². The Morgan fingerprint density at radius 3 is 2.42 bits per heavy atom. The number of hydrogen-bond donors (Lipinski definition) is 0. The Morgan fingerprint density at radius 2 is 1.85 bits per heavy atom. The highest BCUT2D eigenvalue weighted by Crippen LogP contribution is 2.31. The number of rotatable bonds is 3. The van der Waals surface area contributed by atoms with E-state index >= 15 is 0 Å². The van der Waals surface area contributed by atoms with Gasteiger partial charge in [-0.2, -0.15) is 0 Å². The number of nitrogens with zero attached hydrogens (tertiary/aromatic N) is 2. The number of carbonyl (C=O) groups is 1. The number of likely N-dealkylation sites (tertiary alicyclic amines) is 1. The quantitative estimate of drug-likeness (QED) is 0.767. The largest absolute Gasteiger partial charge is 0.468 e. The lowest BCUT2D eigenvalue weighted by Crippen LogP contribution is -2.49. The van der Waals surface area contributed by atoms with Gasteiger partial charge in [-0.25, -0.2) is 4.39 Å². The van der Waals surface area contributed by atoms with Crippen LogP contribution in [0.4, 0.5) is 10.1 Å². The standard InChI is InChI=1S/C21H31FN2O2/c1-21(2,3)15-7-8-18(17(22)14-15)23-12-9-16(10-13-23)24-11-5-6-19(24)20(25)26-4/h7-8,14,16,19H,5-6,9-13H2,1-4H3/t19-/m0/s1. The van der Waals surface area contributed by atoms with E-state index in [0.717, 1.165) is 50.9 Å². The zero-order chi connectivity index (χ0) is 18.9. The van der Waals surface area contributed by atoms with E-state index in [1.165, 1.54) is 7.11 Å². The van der Waals surface area contributed by atoms with Gasteiger partial charge in [0.25, 0.3) is 0 Å². The number of esters is 1. The monoisotopic (exact) mass is 362 g/mol. The van der Waals surface area contributed by atoms with Crippen LogP contribution in [-0.2, 0) is 14.9 Å². The summed E-state index contributed by atoms with van der Waals surface area (Å²) in [6, 6.07) is 5.92. The summed E-state index contributed by atoms with van der Waals surface area (Å²) < 4.78 is 19.6. The van der Waals surface area contributed by atoms with Gasteiger partial charge in [0, 0.05) is 19.1 Å². The van der Waals surface area contributed by atoms with Crippen molar-refractivity contribution >= 4 is 11.7 Å². The average Bonchev–Trinajstić information content (AvgIpc) is 3.10. The molecule has 0 spiro atoms. The zero-order valence-corrected chi connectivity index (χ0v) is 16.4. The number of anilines is 1. The number of hydrogen-bond acceptors (Lipinski definition) is 4. The van der Waals surface area contributed by atoms with Crippen molar-refractivity contribution in [1.82, 2.24) is 4.90 Å². The molecule has 1 aromatic rings. The lowest BCUT2D eigenvalue weighted by Gasteiger charge is -2.39. The van der Waals surface area contributed by atoms with E-state index in [1.807, 2.05) is 12.1 Å². The first-order valence-electron chi connectivity index (χ1n) is 9.70. The summed E-state index contributed by atoms with van der Waals surface area (Å²) in [4.78, 5) is 16.4. The van der Waals surface area contributed by atoms with Crippen molar-refractivity contribution in [3.63, 3.8) is 0 Å². The molecular weight excluding hydrogens is 331 g/mol. The van der Waals surface area contributed by atoms with Crippen molar-refractivity contribution in [2.75, 3.05) is 31.6 Å². The van der Waals surface area contributed by atoms with Crippen molar-refractivity contribution in [3.05, 3.63) is 29.6 Å². The van der Waals surface area contributed by atoms with E-state index in [9.17, 15) is 9.18 Å². The van der Waals surface area contributed by atoms with Crippen molar-refractivity contribution in [2.24, 2.45) is 0 Å². The molecule has 3 rings (SSSR count). The smallest absolute Gasteiger partial charge is 0.323 e. The number of carbonyl (C=O) groups excluding carboxylic acids is 1. The van der Waals surface area contributed by atoms with Crippen molar-refractivity contribution in [2.45, 2.75) is 64.0 Å². The highest BCUT2D eigenvalue weighted by Gasteiger charge is 2.37. The average molecular weight is 362 g/mol. The first-order valence-corrected chi connectivity index (χ1v) is 9.70. The summed E-state index contributed by atoms with van der Waals surface area (Å²) in [7, 11) is 1.46. The molecule has 0 aromatic heterocycles. The van der Waals surface area contributed by atoms with E-state index in [-0.39, 0.29) is 23.2 Å². The highest BCUT2D eigenvalue weighted by atomic mass is 19.1. The van der Waals surface area contributed by atoms with Crippen LogP contribution in [0.25, 0.3) is 0 Å². The number of benzene rings is 1. The summed E-state index contributed by atoms with van der Waals surface area (Å²) in [6.45, 7) is 8.89. The molecule has 2 heterocycles. The van der Waals surface area contributed by atoms with Gasteiger partial charge < -0.3 is 9.64 Å². The van der Waals surface area contributed by atoms with Crippen LogP contribution in [0.1, 0.15) is 52.0 Å². The molecule has 0 radical (unpaired) electrons. The van der Waals surface area contributed by atoms with Gasteiger partial charge in [-0.3, -0.25) is 9.69 Å². The Bertz CT molecular complexity index is 648. The Morgan fingerprint density at radius 1 is 1.15 bits per heavy atom. The summed E-state index contributed by atoms with van der Waals surface area (Å²) in [5.41, 5.74) is 1.67. The molecule has 2 fully saturated rings. The van der Waals surface area contributed by atoms with Crippen LogP contribution in [0.2, 0.25) is 0 Å². The van der Waals surface area contributed by atoms with Gasteiger partial charge in [0.1, 0.15) is 11.9 Å². The second-order valence-electron chi connectivity index (χ2n) is 8.55. The molecule has 0 unspecified atom stereocenters. The molecule has 0 amide bonds. The normalized spacial score (nSPS) is 22.7. The van der Waals surface area contributed by atoms with Gasteiger partial charge >= 0.3 is 5.97 Å². The summed E-state index contributed by atoms with van der Waals surface area (Å²) in [6.07, 6.45) is 3.83. The Hall–Kier alpha value is -1.62. The molecule has 2 aliphatic rings. The van der Waals surface area contributed by atoms with Crippen LogP contribution in [0.3, 0.4) is 0 Å². The van der Waals surface area contributed by atoms with Crippen LogP contribution in [0, 0.1) is 5.82 Å². The fraction of sp³-hybridized carbons (Fsp3) is 0.667. The number of ether oxygens (including phenoxy) is 1. The second kappa shape index (κ2) is 7.55. The molecule has 4 nitrogen and oxygen atoms in total. The molecule has 0 saturated carbocycles. The molecule has 1 aromatic carbocycles. The van der Waals surface area contributed by atoms with Crippen LogP contribution >= 0.6 is 0 Å². The van der Waals surface area contributed by atoms with E-state index in [4.69, 9.17) is 4.74 Å². The maximum Gasteiger partial charge on any atom is 0.323 e. The molecule has 2 aliphatic heterocycles. The highest BCUT2D eigenvalue weighted by molar-refractivity contribution is 5.76. The maximum absolute atomic E-state index is 14.7. The van der Waals surface area contributed by atoms with Gasteiger partial charge in [0.15, 0.2) is 0 Å².